The SMILES string of the molecule is C[C@]1(O)CN(c2ccn(-c3cc(-c4c(F)cccc4C#N)nc4c3C(=O)NC4)n2)CCC1O. The van der Waals surface area contributed by atoms with Crippen LogP contribution >= 0.6 is 0 Å². The quantitative estimate of drug-likeness (QED) is 0.554. The molecule has 33 heavy (non-hydrogen) atoms. The summed E-state index contributed by atoms with van der Waals surface area (Å²) in [5.74, 6) is -0.328. The molecule has 2 aliphatic rings. The first-order valence-corrected chi connectivity index (χ1v) is 10.5. The number of carbonyl (C=O) groups is 1. The average Bonchev–Trinajstić information content (AvgIpc) is 3.42. The van der Waals surface area contributed by atoms with E-state index in [9.17, 15) is 24.7 Å². The number of anilines is 1. The number of piperidine rings is 1. The van der Waals surface area contributed by atoms with Crippen molar-refractivity contribution in [1.29, 1.82) is 5.26 Å². The number of nitrogens with one attached hydrogen (secondary N) is 1. The molecule has 1 amide bonds. The van der Waals surface area contributed by atoms with Crippen LogP contribution in [-0.2, 0) is 6.54 Å². The first kappa shape index (κ1) is 21.1. The fraction of sp³-hybridized carbons (Fsp3) is 0.304. The lowest BCUT2D eigenvalue weighted by Crippen LogP contribution is -2.55. The molecule has 2 aromatic heterocycles. The number of pyridine rings is 1. The monoisotopic (exact) mass is 448 g/mol. The van der Waals surface area contributed by atoms with Gasteiger partial charge in [-0.15, -0.1) is 0 Å². The Balaban J connectivity index is 1.60. The highest BCUT2D eigenvalue weighted by molar-refractivity contribution is 6.01. The molecule has 2 aliphatic heterocycles. The zero-order valence-corrected chi connectivity index (χ0v) is 17.8. The van der Waals surface area contributed by atoms with E-state index in [-0.39, 0.29) is 35.8 Å². The van der Waals surface area contributed by atoms with E-state index < -0.39 is 17.5 Å². The van der Waals surface area contributed by atoms with Gasteiger partial charge in [0.2, 0.25) is 0 Å². The van der Waals surface area contributed by atoms with Crippen molar-refractivity contribution in [2.24, 2.45) is 0 Å². The van der Waals surface area contributed by atoms with Gasteiger partial charge in [0.25, 0.3) is 5.91 Å². The molecule has 4 heterocycles. The Morgan fingerprint density at radius 3 is 2.91 bits per heavy atom. The van der Waals surface area contributed by atoms with E-state index in [2.05, 4.69) is 15.4 Å². The maximum absolute atomic E-state index is 14.7. The number of hydrogen-bond acceptors (Lipinski definition) is 7. The highest BCUT2D eigenvalue weighted by Gasteiger charge is 2.37. The van der Waals surface area contributed by atoms with Crippen molar-refractivity contribution >= 4 is 11.7 Å². The third-order valence-electron chi connectivity index (χ3n) is 6.15. The summed E-state index contributed by atoms with van der Waals surface area (Å²) in [6, 6.07) is 9.52. The number of halogens is 1. The van der Waals surface area contributed by atoms with Gasteiger partial charge in [0.05, 0.1) is 59.0 Å². The van der Waals surface area contributed by atoms with E-state index in [1.807, 2.05) is 11.0 Å². The number of β-amino-alcohol motifs (C(OH)–C–C–N with tert-alkyl or cyclic N) is 1. The standard InChI is InChI=1S/C23H21FN6O3/c1-23(33)12-29(7-5-18(23)31)19-6-8-30(28-19)17-9-15(27-16-11-26-22(32)21(16)17)20-13(10-25)3-2-4-14(20)24/h2-4,6,8-9,18,31,33H,5,7,11-12H2,1H3,(H,26,32)/t18?,23-/m0/s1. The van der Waals surface area contributed by atoms with Gasteiger partial charge < -0.3 is 20.4 Å². The number of aliphatic hydroxyl groups excluding tert-OH is 1. The largest absolute Gasteiger partial charge is 0.390 e. The Bertz CT molecular complexity index is 1310. The van der Waals surface area contributed by atoms with Crippen LogP contribution in [0.5, 0.6) is 0 Å². The minimum Gasteiger partial charge on any atom is -0.390 e. The molecule has 3 aromatic rings. The second kappa shape index (κ2) is 7.65. The second-order valence-corrected chi connectivity index (χ2v) is 8.51. The summed E-state index contributed by atoms with van der Waals surface area (Å²) in [5.41, 5.74) is 0.358. The van der Waals surface area contributed by atoms with Crippen molar-refractivity contribution in [3.05, 3.63) is 59.2 Å². The minimum atomic E-state index is -1.27. The molecule has 0 bridgehead atoms. The minimum absolute atomic E-state index is 0.0665. The zero-order valence-electron chi connectivity index (χ0n) is 17.8. The van der Waals surface area contributed by atoms with Gasteiger partial charge >= 0.3 is 0 Å². The van der Waals surface area contributed by atoms with Crippen LogP contribution in [0.3, 0.4) is 0 Å². The molecule has 1 unspecified atom stereocenters. The summed E-state index contributed by atoms with van der Waals surface area (Å²) in [4.78, 5) is 18.9. The predicted octanol–water partition coefficient (Wildman–Crippen LogP) is 1.51. The predicted molar refractivity (Wildman–Crippen MR) is 116 cm³/mol. The number of fused-ring (bicyclic) bond motifs is 1. The molecular weight excluding hydrogens is 427 g/mol. The van der Waals surface area contributed by atoms with Gasteiger partial charge in [-0.3, -0.25) is 4.79 Å². The molecule has 5 rings (SSSR count). The Labute approximate surface area is 188 Å². The Morgan fingerprint density at radius 1 is 1.33 bits per heavy atom. The molecular formula is C23H21FN6O3. The summed E-state index contributed by atoms with van der Waals surface area (Å²) < 4.78 is 16.2. The Hall–Kier alpha value is -3.81. The number of benzene rings is 1. The highest BCUT2D eigenvalue weighted by atomic mass is 19.1. The van der Waals surface area contributed by atoms with E-state index in [0.29, 0.717) is 35.7 Å². The summed E-state index contributed by atoms with van der Waals surface area (Å²) >= 11 is 0. The van der Waals surface area contributed by atoms with Crippen LogP contribution in [-0.4, -0.2) is 55.7 Å². The molecule has 10 heteroatoms. The van der Waals surface area contributed by atoms with Gasteiger partial charge in [-0.05, 0) is 31.5 Å². The highest BCUT2D eigenvalue weighted by Crippen LogP contribution is 2.32. The van der Waals surface area contributed by atoms with Gasteiger partial charge in [-0.2, -0.15) is 10.4 Å². The summed E-state index contributed by atoms with van der Waals surface area (Å²) in [7, 11) is 0. The third kappa shape index (κ3) is 3.51. The number of rotatable bonds is 3. The van der Waals surface area contributed by atoms with Crippen LogP contribution in [0.4, 0.5) is 10.2 Å². The molecule has 0 saturated carbocycles. The molecule has 1 saturated heterocycles. The molecule has 0 aliphatic carbocycles. The van der Waals surface area contributed by atoms with Crippen LogP contribution in [0.1, 0.15) is 35.0 Å². The average molecular weight is 448 g/mol. The van der Waals surface area contributed by atoms with Crippen molar-refractivity contribution in [2.45, 2.75) is 31.6 Å². The Morgan fingerprint density at radius 2 is 2.15 bits per heavy atom. The van der Waals surface area contributed by atoms with Gasteiger partial charge in [0.1, 0.15) is 11.4 Å². The molecule has 1 fully saturated rings. The topological polar surface area (TPSA) is 127 Å². The lowest BCUT2D eigenvalue weighted by Gasteiger charge is -2.40. The molecule has 2 atom stereocenters. The van der Waals surface area contributed by atoms with Gasteiger partial charge in [-0.1, -0.05) is 6.07 Å². The van der Waals surface area contributed by atoms with Crippen LogP contribution in [0, 0.1) is 17.1 Å². The van der Waals surface area contributed by atoms with Crippen molar-refractivity contribution in [2.75, 3.05) is 18.0 Å². The van der Waals surface area contributed by atoms with Gasteiger partial charge in [0, 0.05) is 18.8 Å². The summed E-state index contributed by atoms with van der Waals surface area (Å²) in [6.07, 6.45) is 1.24. The lowest BCUT2D eigenvalue weighted by atomic mass is 9.92. The number of hydrogen-bond donors (Lipinski definition) is 3. The first-order valence-electron chi connectivity index (χ1n) is 10.5. The molecule has 9 nitrogen and oxygen atoms in total. The van der Waals surface area contributed by atoms with E-state index in [1.165, 1.54) is 22.9 Å². The molecule has 0 spiro atoms. The van der Waals surface area contributed by atoms with Gasteiger partial charge in [0.15, 0.2) is 5.82 Å². The number of nitrogens with zero attached hydrogens (tertiary/aromatic N) is 5. The van der Waals surface area contributed by atoms with Crippen molar-refractivity contribution in [3.63, 3.8) is 0 Å². The fourth-order valence-electron chi connectivity index (χ4n) is 4.37. The molecule has 168 valence electrons. The lowest BCUT2D eigenvalue weighted by molar-refractivity contribution is -0.0693. The summed E-state index contributed by atoms with van der Waals surface area (Å²) in [6.45, 7) is 2.47. The molecule has 0 radical (unpaired) electrons. The van der Waals surface area contributed by atoms with Crippen LogP contribution in [0.2, 0.25) is 0 Å². The number of nitriles is 1. The maximum Gasteiger partial charge on any atom is 0.255 e. The van der Waals surface area contributed by atoms with E-state index in [0.717, 1.165) is 0 Å². The Kier molecular flexibility index (Phi) is 4.88. The number of aliphatic hydroxyl groups is 2. The number of aromatic nitrogens is 3. The molecule has 1 aromatic carbocycles. The normalized spacial score (nSPS) is 22.1. The van der Waals surface area contributed by atoms with Gasteiger partial charge in [-0.25, -0.2) is 14.1 Å². The van der Waals surface area contributed by atoms with E-state index in [4.69, 9.17) is 0 Å². The second-order valence-electron chi connectivity index (χ2n) is 8.51. The first-order chi connectivity index (χ1) is 15.8. The number of amides is 1. The van der Waals surface area contributed by atoms with Crippen molar-refractivity contribution < 1.29 is 19.4 Å². The van der Waals surface area contributed by atoms with Crippen molar-refractivity contribution in [3.8, 4) is 23.0 Å². The smallest absolute Gasteiger partial charge is 0.255 e. The third-order valence-corrected chi connectivity index (χ3v) is 6.15. The summed E-state index contributed by atoms with van der Waals surface area (Å²) in [5, 5.41) is 37.2. The van der Waals surface area contributed by atoms with Crippen molar-refractivity contribution in [1.82, 2.24) is 20.1 Å². The van der Waals surface area contributed by atoms with Crippen LogP contribution in [0.25, 0.3) is 16.9 Å². The fourth-order valence-corrected chi connectivity index (χ4v) is 4.37. The van der Waals surface area contributed by atoms with Crippen LogP contribution in [0.15, 0.2) is 36.5 Å². The van der Waals surface area contributed by atoms with E-state index >= 15 is 0 Å². The van der Waals surface area contributed by atoms with E-state index in [1.54, 1.807) is 25.3 Å². The molecule has 3 N–H and O–H groups in total. The number of carbonyl (C=O) groups excluding carboxylic acids is 1. The van der Waals surface area contributed by atoms with Crippen LogP contribution < -0.4 is 10.2 Å². The zero-order chi connectivity index (χ0) is 23.3. The maximum atomic E-state index is 14.7.